The van der Waals surface area contributed by atoms with E-state index >= 15 is 0 Å². The second-order valence-electron chi connectivity index (χ2n) is 27.0. The van der Waals surface area contributed by atoms with Crippen LogP contribution < -0.4 is 0 Å². The van der Waals surface area contributed by atoms with Gasteiger partial charge in [0, 0.05) is 25.0 Å². The molecule has 10 fully saturated rings. The van der Waals surface area contributed by atoms with Crippen LogP contribution >= 0.6 is 0 Å². The van der Waals surface area contributed by atoms with Gasteiger partial charge in [-0.15, -0.1) is 0 Å². The average Bonchev–Trinajstić information content (AvgIpc) is 1.63. The van der Waals surface area contributed by atoms with Gasteiger partial charge in [0.25, 0.3) is 0 Å². The first kappa shape index (κ1) is 116. The van der Waals surface area contributed by atoms with Crippen LogP contribution in [0.4, 0.5) is 0 Å². The summed E-state index contributed by atoms with van der Waals surface area (Å²) in [4.78, 5) is 65.0. The SMILES string of the molecule is O=C=O.O=C=O.O=C=O.O=C=O.OC[C@H]1C[C@@H](O)[C@@H](O)[C@@H]1O.OC[C@H]1C[C@H](O)[C@H](O)[C@@H](O)[C@@H]1O.OC[C@H]1O[C@@](CO)(O[C@H]2OC[C@@H](O)[C@H](O)[C@H]2O)[C@@H](O)[C@@H]1O.OC[C@H]1O[C@@](CO)(O[C@H]2O[C@H](CO)[C@@H](O)[C@H](O)[C@H]2O)[C@@H](O)[C@@H]1O.OC[C@H]1O[C@H](O[C@@H]2O[C@H](CO)[C@@H](O)[C@@H]2O)[C@H](O)[C@@H](O)[C@@H]1O.OC[C@H]1O[C@](O)(CO)[C@@H](O)[C@@H]1O.O[C@@H]1[C@@H](O)[C@@H](O)OC[C@H]1O. The minimum atomic E-state index is -2.22. The summed E-state index contributed by atoms with van der Waals surface area (Å²) < 4.78 is 55.1. The van der Waals surface area contributed by atoms with Crippen LogP contribution in [-0.4, -0.2) is 565 Å². The normalized spacial score (nSPS) is 45.5. The van der Waals surface area contributed by atoms with Crippen molar-refractivity contribution in [2.75, 3.05) is 85.9 Å². The van der Waals surface area contributed by atoms with Crippen molar-refractivity contribution >= 4 is 24.6 Å². The summed E-state index contributed by atoms with van der Waals surface area (Å²) in [6.45, 7) is -7.36. The summed E-state index contributed by atoms with van der Waals surface area (Å²) in [5.41, 5.74) is 0. The lowest BCUT2D eigenvalue weighted by atomic mass is 9.81. The third-order valence-corrected chi connectivity index (χ3v) is 19.1. The molecule has 8 heterocycles. The second-order valence-corrected chi connectivity index (χ2v) is 27.0. The lowest BCUT2D eigenvalue weighted by molar-refractivity contribution is -0.383. The smallest absolute Gasteiger partial charge is 0.373 e. The Labute approximate surface area is 678 Å². The molecule has 0 radical (unpaired) electrons. The molecule has 8 saturated heterocycles. The third kappa shape index (κ3) is 31.4. The van der Waals surface area contributed by atoms with Gasteiger partial charge >= 0.3 is 24.6 Å². The maximum atomic E-state index is 10.00. The molecule has 0 aromatic rings. The van der Waals surface area contributed by atoms with E-state index in [1.807, 2.05) is 0 Å². The van der Waals surface area contributed by atoms with Crippen LogP contribution in [0.1, 0.15) is 12.8 Å². The molecule has 0 bridgehead atoms. The van der Waals surface area contributed by atoms with Gasteiger partial charge in [-0.25, -0.2) is 0 Å². The van der Waals surface area contributed by atoms with Crippen molar-refractivity contribution in [2.24, 2.45) is 11.8 Å². The van der Waals surface area contributed by atoms with Gasteiger partial charge in [-0.1, -0.05) is 0 Å². The second kappa shape index (κ2) is 56.6. The molecule has 712 valence electrons. The van der Waals surface area contributed by atoms with E-state index in [9.17, 15) is 97.0 Å². The van der Waals surface area contributed by atoms with Gasteiger partial charge in [0.05, 0.1) is 83.9 Å². The highest BCUT2D eigenvalue weighted by Crippen LogP contribution is 2.39. The Morgan fingerprint density at radius 3 is 0.860 bits per heavy atom. The Hall–Kier alpha value is -4.52. The quantitative estimate of drug-likeness (QED) is 0.0643. The molecule has 40 N–H and O–H groups in total. The van der Waals surface area contributed by atoms with E-state index in [1.54, 1.807) is 0 Å². The molecule has 0 unspecified atom stereocenters. The third-order valence-electron chi connectivity index (χ3n) is 19.1. The van der Waals surface area contributed by atoms with Gasteiger partial charge in [-0.3, -0.25) is 0 Å². The fourth-order valence-corrected chi connectivity index (χ4v) is 12.0. The van der Waals surface area contributed by atoms with E-state index in [0.717, 1.165) is 0 Å². The van der Waals surface area contributed by atoms with Gasteiger partial charge in [0.15, 0.2) is 31.5 Å². The predicted octanol–water partition coefficient (Wildman–Crippen LogP) is -27.5. The Kier molecular flexibility index (Phi) is 54.5. The number of aliphatic hydroxyl groups is 40. The summed E-state index contributed by atoms with van der Waals surface area (Å²) in [7, 11) is 0. The molecular formula is C62H110O59. The molecule has 43 atom stereocenters. The molecular weight excluding hydrogens is 1690 g/mol. The van der Waals surface area contributed by atoms with Crippen LogP contribution in [0.2, 0.25) is 0 Å². The highest BCUT2D eigenvalue weighted by atomic mass is 16.8. The summed E-state index contributed by atoms with van der Waals surface area (Å²) in [5.74, 6) is -7.43. The van der Waals surface area contributed by atoms with Gasteiger partial charge in [0.2, 0.25) is 17.4 Å². The van der Waals surface area contributed by atoms with Crippen molar-refractivity contribution in [1.82, 2.24) is 0 Å². The van der Waals surface area contributed by atoms with Crippen LogP contribution in [0, 0.1) is 11.8 Å². The summed E-state index contributed by atoms with van der Waals surface area (Å²) in [6.07, 6.45) is -51.6. The fourth-order valence-electron chi connectivity index (χ4n) is 12.0. The highest BCUT2D eigenvalue weighted by Gasteiger charge is 2.61. The van der Waals surface area contributed by atoms with Crippen LogP contribution in [0.5, 0.6) is 0 Å². The zero-order chi connectivity index (χ0) is 93.8. The summed E-state index contributed by atoms with van der Waals surface area (Å²) in [6, 6.07) is 0. The minimum absolute atomic E-state index is 0.107. The lowest BCUT2D eigenvalue weighted by Crippen LogP contribution is -2.62. The Morgan fingerprint density at radius 2 is 0.537 bits per heavy atom. The molecule has 59 heteroatoms. The van der Waals surface area contributed by atoms with E-state index < -0.39 is 316 Å². The van der Waals surface area contributed by atoms with Gasteiger partial charge in [-0.2, -0.15) is 38.4 Å². The standard InChI is InChI=1S/C12H22O11.2C11H20O10.C7H14O5.C6H12O6.C6H12O4.C5H10O5.4CO2/c13-1-4-6(16)8(18)9(19)11(21-4)23-12(3-15)10(20)7(17)5(2-14)22-12;12-1-5-7(16)9(18)11(3-13,20-5)21-10-8(17)6(15)4(14)2-19-10;12-1-3-5(14)7(16)9(18)11(19-3)21-10-8(17)6(15)4(2-13)20-10;8-2-3-1-4(9)6(11)7(12)5(3)10;7-1-3-4(9)5(10)6(11,2-8)12-3;7-2-3-1-4(8)6(10)5(3)9;6-2-1-10-5(9)4(8)3(2)7;4*2-1-3/h4-11,13-20H,1-3H2;4-10,12-18H,1-3H2;3-18H,1-2H2;3-12H,1-2H2;3-5,7-11H,1-2H2;3-10H,1-2H2;2-9H,1H2;;;;/t4-,5-,6-,7-,8+,9-,10+,11-,12+;4-,5-,6+,7-,8-,9+,10-,11+;3-,4-,5-,6-,7+,8+,9-,10+,11-;3-,4+,5-,6+,7+;3-,4-,5+,6-;3-,4-,5-,6-;2-,3+,4-,5+;;;;/m1111111..../s1. The molecule has 0 aromatic carbocycles. The van der Waals surface area contributed by atoms with Crippen LogP contribution in [0.25, 0.3) is 0 Å². The molecule has 2 saturated carbocycles. The first-order valence-corrected chi connectivity index (χ1v) is 35.3. The van der Waals surface area contributed by atoms with Crippen molar-refractivity contribution < 1.29 is 295 Å². The van der Waals surface area contributed by atoms with Crippen LogP contribution in [0.15, 0.2) is 0 Å². The van der Waals surface area contributed by atoms with Gasteiger partial charge < -0.3 is 256 Å². The number of rotatable bonds is 17. The molecule has 59 nitrogen and oxygen atoms in total. The minimum Gasteiger partial charge on any atom is -0.396 e. The van der Waals surface area contributed by atoms with Crippen molar-refractivity contribution in [2.45, 2.75) is 263 Å². The van der Waals surface area contributed by atoms with Crippen molar-refractivity contribution in [3.63, 3.8) is 0 Å². The van der Waals surface area contributed by atoms with E-state index in [4.69, 9.17) is 188 Å². The lowest BCUT2D eigenvalue weighted by Gasteiger charge is -2.43. The van der Waals surface area contributed by atoms with E-state index in [2.05, 4.69) is 9.47 Å². The van der Waals surface area contributed by atoms with Crippen molar-refractivity contribution in [1.29, 1.82) is 0 Å². The fraction of sp³-hybridized carbons (Fsp3) is 0.935. The highest BCUT2D eigenvalue weighted by molar-refractivity contribution is 5.21. The largest absolute Gasteiger partial charge is 0.396 e. The number of hydrogen-bond acceptors (Lipinski definition) is 59. The monoisotopic (exact) mass is 1800 g/mol. The molecule has 0 aromatic heterocycles. The first-order chi connectivity index (χ1) is 56.6. The Bertz CT molecular complexity index is 2840. The van der Waals surface area contributed by atoms with E-state index in [1.165, 1.54) is 0 Å². The van der Waals surface area contributed by atoms with Crippen LogP contribution in [0.3, 0.4) is 0 Å². The maximum Gasteiger partial charge on any atom is 0.373 e. The molecule has 10 rings (SSSR count). The zero-order valence-electron chi connectivity index (χ0n) is 62.8. The molecule has 121 heavy (non-hydrogen) atoms. The van der Waals surface area contributed by atoms with E-state index in [-0.39, 0.29) is 69.8 Å². The summed E-state index contributed by atoms with van der Waals surface area (Å²) >= 11 is 0. The topological polar surface area (TPSA) is 1050 Å². The number of hydrogen-bond donors (Lipinski definition) is 40. The number of aliphatic hydroxyl groups excluding tert-OH is 39. The maximum absolute atomic E-state index is 10.00. The predicted molar refractivity (Wildman–Crippen MR) is 352 cm³/mol. The van der Waals surface area contributed by atoms with Crippen molar-refractivity contribution in [3.8, 4) is 0 Å². The first-order valence-electron chi connectivity index (χ1n) is 35.3. The molecule has 10 aliphatic rings. The van der Waals surface area contributed by atoms with Crippen molar-refractivity contribution in [3.05, 3.63) is 0 Å². The Balaban J connectivity index is 0.00000138. The summed E-state index contributed by atoms with van der Waals surface area (Å²) in [5, 5.41) is 370. The number of carbonyl (C=O) groups excluding carboxylic acids is 8. The van der Waals surface area contributed by atoms with Gasteiger partial charge in [-0.05, 0) is 12.8 Å². The molecule has 8 aliphatic heterocycles. The van der Waals surface area contributed by atoms with Gasteiger partial charge in [0.1, 0.15) is 190 Å². The Morgan fingerprint density at radius 1 is 0.264 bits per heavy atom. The molecule has 0 spiro atoms. The molecule has 0 amide bonds. The van der Waals surface area contributed by atoms with Crippen LogP contribution in [-0.2, 0) is 90.5 Å². The van der Waals surface area contributed by atoms with E-state index in [0.29, 0.717) is 0 Å². The molecule has 2 aliphatic carbocycles. The average molecular weight is 1800 g/mol. The number of ether oxygens (including phenoxy) is 11. The zero-order valence-corrected chi connectivity index (χ0v) is 62.8.